The second kappa shape index (κ2) is 7.47. The third-order valence-corrected chi connectivity index (χ3v) is 5.70. The van der Waals surface area contributed by atoms with Gasteiger partial charge >= 0.3 is 6.18 Å². The summed E-state index contributed by atoms with van der Waals surface area (Å²) in [5, 5.41) is 0. The average Bonchev–Trinajstić information content (AvgIpc) is 2.30. The Morgan fingerprint density at radius 2 is 1.71 bits per heavy atom. The fourth-order valence-corrected chi connectivity index (χ4v) is 4.71. The van der Waals surface area contributed by atoms with Gasteiger partial charge in [0.1, 0.15) is 0 Å². The minimum Gasteiger partial charge on any atom is -0.294 e. The van der Waals surface area contributed by atoms with Gasteiger partial charge < -0.3 is 0 Å². The Hall–Kier alpha value is -0.380. The molecule has 0 spiro atoms. The van der Waals surface area contributed by atoms with Gasteiger partial charge in [-0.25, -0.2) is 8.42 Å². The molecule has 0 aromatic heterocycles. The molecule has 0 N–H and O–H groups in total. The number of hydrogen-bond acceptors (Lipinski definition) is 4. The van der Waals surface area contributed by atoms with Gasteiger partial charge in [-0.15, -0.1) is 0 Å². The zero-order chi connectivity index (χ0) is 18.9. The fourth-order valence-electron chi connectivity index (χ4n) is 3.27. The Morgan fingerprint density at radius 3 is 2.08 bits per heavy atom. The molecule has 1 rings (SSSR count). The molecule has 0 aromatic carbocycles. The van der Waals surface area contributed by atoms with Gasteiger partial charge in [0.05, 0.1) is 12.8 Å². The highest BCUT2D eigenvalue weighted by Crippen LogP contribution is 2.24. The maximum atomic E-state index is 12.7. The molecule has 1 unspecified atom stereocenters. The van der Waals surface area contributed by atoms with E-state index >= 15 is 0 Å². The molecule has 5 nitrogen and oxygen atoms in total. The van der Waals surface area contributed by atoms with Gasteiger partial charge in [0.2, 0.25) is 10.0 Å². The number of piperazine rings is 1. The van der Waals surface area contributed by atoms with Crippen molar-refractivity contribution in [2.24, 2.45) is 0 Å². The maximum absolute atomic E-state index is 12.7. The summed E-state index contributed by atoms with van der Waals surface area (Å²) in [5.74, 6) is 0. The van der Waals surface area contributed by atoms with Crippen LogP contribution >= 0.6 is 0 Å². The maximum Gasteiger partial charge on any atom is 0.401 e. The van der Waals surface area contributed by atoms with Crippen molar-refractivity contribution in [3.05, 3.63) is 0 Å². The summed E-state index contributed by atoms with van der Waals surface area (Å²) in [6.07, 6.45) is -3.10. The largest absolute Gasteiger partial charge is 0.401 e. The van der Waals surface area contributed by atoms with Crippen LogP contribution in [0.2, 0.25) is 0 Å². The lowest BCUT2D eigenvalue weighted by atomic mass is 10.1. The lowest BCUT2D eigenvalue weighted by Crippen LogP contribution is -2.62. The number of rotatable bonds is 5. The quantitative estimate of drug-likeness (QED) is 0.739. The van der Waals surface area contributed by atoms with Crippen LogP contribution in [0.3, 0.4) is 0 Å². The lowest BCUT2D eigenvalue weighted by Gasteiger charge is -2.46. The van der Waals surface area contributed by atoms with E-state index in [1.54, 1.807) is 20.8 Å². The third kappa shape index (κ3) is 6.50. The number of nitrogens with zero attached hydrogens (tertiary/aromatic N) is 3. The van der Waals surface area contributed by atoms with Gasteiger partial charge in [0.15, 0.2) is 0 Å². The van der Waals surface area contributed by atoms with Crippen LogP contribution in [0.1, 0.15) is 34.6 Å². The van der Waals surface area contributed by atoms with E-state index in [2.05, 4.69) is 4.90 Å². The van der Waals surface area contributed by atoms with E-state index < -0.39 is 28.3 Å². The Morgan fingerprint density at radius 1 is 1.17 bits per heavy atom. The van der Waals surface area contributed by atoms with Gasteiger partial charge in [-0.1, -0.05) is 0 Å². The molecule has 1 aliphatic rings. The minimum atomic E-state index is -4.24. The summed E-state index contributed by atoms with van der Waals surface area (Å²) >= 11 is 0. The molecule has 0 aromatic rings. The van der Waals surface area contributed by atoms with Crippen LogP contribution < -0.4 is 0 Å². The van der Waals surface area contributed by atoms with Crippen LogP contribution in [-0.4, -0.2) is 85.3 Å². The van der Waals surface area contributed by atoms with Crippen molar-refractivity contribution >= 4 is 10.0 Å². The van der Waals surface area contributed by atoms with Crippen LogP contribution in [0.15, 0.2) is 0 Å². The average molecular weight is 373 g/mol. The Bertz CT molecular complexity index is 515. The summed E-state index contributed by atoms with van der Waals surface area (Å²) in [5.41, 5.74) is -0.622. The van der Waals surface area contributed by atoms with Crippen molar-refractivity contribution in [1.29, 1.82) is 0 Å². The van der Waals surface area contributed by atoms with Crippen LogP contribution in [-0.2, 0) is 10.0 Å². The number of sulfonamides is 1. The predicted molar refractivity (Wildman–Crippen MR) is 89.4 cm³/mol. The first-order valence-electron chi connectivity index (χ1n) is 8.14. The van der Waals surface area contributed by atoms with Gasteiger partial charge in [-0.05, 0) is 34.6 Å². The van der Waals surface area contributed by atoms with E-state index in [0.29, 0.717) is 13.1 Å². The van der Waals surface area contributed by atoms with Crippen molar-refractivity contribution in [2.75, 3.05) is 39.0 Å². The molecule has 0 aliphatic carbocycles. The first kappa shape index (κ1) is 21.7. The molecule has 9 heteroatoms. The monoisotopic (exact) mass is 373 g/mol. The first-order chi connectivity index (χ1) is 10.6. The van der Waals surface area contributed by atoms with Gasteiger partial charge in [0, 0.05) is 43.8 Å². The van der Waals surface area contributed by atoms with Crippen LogP contribution in [0.25, 0.3) is 0 Å². The minimum absolute atomic E-state index is 0.143. The Labute approximate surface area is 143 Å². The van der Waals surface area contributed by atoms with E-state index in [1.807, 2.05) is 13.8 Å². The molecule has 1 aliphatic heterocycles. The molecule has 1 fully saturated rings. The zero-order valence-electron chi connectivity index (χ0n) is 15.4. The highest BCUT2D eigenvalue weighted by Gasteiger charge is 2.39. The highest BCUT2D eigenvalue weighted by atomic mass is 32.2. The smallest absolute Gasteiger partial charge is 0.294 e. The summed E-state index contributed by atoms with van der Waals surface area (Å²) in [6.45, 7) is 9.63. The van der Waals surface area contributed by atoms with Crippen LogP contribution in [0.4, 0.5) is 13.2 Å². The molecular formula is C15H30F3N3O2S. The topological polar surface area (TPSA) is 43.9 Å². The third-order valence-electron chi connectivity index (χ3n) is 4.20. The SMILES string of the molecule is CC(C)N1CCN(CC(F)(F)F)CC1CN(C(C)(C)C)S(C)(=O)=O. The van der Waals surface area contributed by atoms with Crippen molar-refractivity contribution < 1.29 is 21.6 Å². The zero-order valence-corrected chi connectivity index (χ0v) is 16.2. The summed E-state index contributed by atoms with van der Waals surface area (Å²) in [7, 11) is -3.46. The number of halogens is 3. The van der Waals surface area contributed by atoms with Crippen molar-refractivity contribution in [3.8, 4) is 0 Å². The van der Waals surface area contributed by atoms with Gasteiger partial charge in [0.25, 0.3) is 0 Å². The highest BCUT2D eigenvalue weighted by molar-refractivity contribution is 7.88. The standard InChI is InChI=1S/C15H30F3N3O2S/c1-12(2)20-8-7-19(11-15(16,17)18)9-13(20)10-21(14(3,4)5)24(6,22)23/h12-13H,7-11H2,1-6H3. The predicted octanol–water partition coefficient (Wildman–Crippen LogP) is 2.00. The van der Waals surface area contributed by atoms with Crippen molar-refractivity contribution in [3.63, 3.8) is 0 Å². The summed E-state index contributed by atoms with van der Waals surface area (Å²) in [4.78, 5) is 3.46. The van der Waals surface area contributed by atoms with Crippen molar-refractivity contribution in [2.45, 2.75) is 58.4 Å². The Kier molecular flexibility index (Phi) is 6.74. The molecular weight excluding hydrogens is 343 g/mol. The fraction of sp³-hybridized carbons (Fsp3) is 1.00. The molecule has 1 atom stereocenters. The van der Waals surface area contributed by atoms with Crippen LogP contribution in [0, 0.1) is 0 Å². The summed E-state index contributed by atoms with van der Waals surface area (Å²) in [6, 6.07) is -0.125. The molecule has 0 saturated carbocycles. The van der Waals surface area contributed by atoms with E-state index in [1.165, 1.54) is 9.21 Å². The molecule has 1 heterocycles. The molecule has 0 amide bonds. The Balaban J connectivity index is 2.99. The normalized spacial score (nSPS) is 22.5. The van der Waals surface area contributed by atoms with E-state index in [4.69, 9.17) is 0 Å². The lowest BCUT2D eigenvalue weighted by molar-refractivity contribution is -0.152. The number of alkyl halides is 3. The first-order valence-corrected chi connectivity index (χ1v) is 9.99. The van der Waals surface area contributed by atoms with Crippen molar-refractivity contribution in [1.82, 2.24) is 14.1 Å². The number of hydrogen-bond donors (Lipinski definition) is 0. The molecule has 144 valence electrons. The second-order valence-electron chi connectivity index (χ2n) is 7.80. The second-order valence-corrected chi connectivity index (χ2v) is 9.71. The van der Waals surface area contributed by atoms with Crippen LogP contribution in [0.5, 0.6) is 0 Å². The van der Waals surface area contributed by atoms with E-state index in [9.17, 15) is 21.6 Å². The molecule has 1 saturated heterocycles. The molecule has 0 radical (unpaired) electrons. The molecule has 24 heavy (non-hydrogen) atoms. The van der Waals surface area contributed by atoms with Gasteiger partial charge in [-0.3, -0.25) is 9.80 Å². The van der Waals surface area contributed by atoms with E-state index in [0.717, 1.165) is 6.26 Å². The van der Waals surface area contributed by atoms with Gasteiger partial charge in [-0.2, -0.15) is 17.5 Å². The summed E-state index contributed by atoms with van der Waals surface area (Å²) < 4.78 is 63.8. The molecule has 0 bridgehead atoms. The van der Waals surface area contributed by atoms with E-state index in [-0.39, 0.29) is 25.2 Å².